The Balaban J connectivity index is -0.00000171. The van der Waals surface area contributed by atoms with Gasteiger partial charge in [0.1, 0.15) is 5.78 Å². The third-order valence-electron chi connectivity index (χ3n) is 11.0. The molecule has 0 radical (unpaired) electrons. The summed E-state index contributed by atoms with van der Waals surface area (Å²) in [5.41, 5.74) is -3.10. The van der Waals surface area contributed by atoms with Crippen molar-refractivity contribution in [2.45, 2.75) is 235 Å². The summed E-state index contributed by atoms with van der Waals surface area (Å²) < 4.78 is 119. The van der Waals surface area contributed by atoms with Crippen molar-refractivity contribution in [3.05, 3.63) is 0 Å². The molecule has 0 heterocycles. The van der Waals surface area contributed by atoms with Gasteiger partial charge in [-0.05, 0) is 134 Å². The predicted molar refractivity (Wildman–Crippen MR) is 350 cm³/mol. The Kier molecular flexibility index (Phi) is 55.7. The van der Waals surface area contributed by atoms with Crippen LogP contribution in [-0.4, -0.2) is 191 Å². The maximum Gasteiger partial charge on any atom is 0.472 e. The number of phosphoric ester groups is 4. The zero-order chi connectivity index (χ0) is 69.2. The summed E-state index contributed by atoms with van der Waals surface area (Å²) in [5.74, 6) is 0.00435. The van der Waals surface area contributed by atoms with Crippen molar-refractivity contribution >= 4 is 54.8 Å². The van der Waals surface area contributed by atoms with E-state index in [1.54, 1.807) is 83.1 Å². The summed E-state index contributed by atoms with van der Waals surface area (Å²) >= 11 is 0. The highest BCUT2D eigenvalue weighted by Gasteiger charge is 2.31. The average Bonchev–Trinajstić information content (AvgIpc) is 1.10. The van der Waals surface area contributed by atoms with Crippen molar-refractivity contribution in [2.24, 2.45) is 0 Å². The number of amides is 3. The lowest BCUT2D eigenvalue weighted by atomic mass is 10.1. The van der Waals surface area contributed by atoms with Gasteiger partial charge in [-0.15, -0.1) is 0 Å². The van der Waals surface area contributed by atoms with Gasteiger partial charge < -0.3 is 63.9 Å². The second-order valence-electron chi connectivity index (χ2n) is 25.0. The summed E-state index contributed by atoms with van der Waals surface area (Å²) in [6.45, 7) is 25.5. The van der Waals surface area contributed by atoms with Crippen molar-refractivity contribution in [2.75, 3.05) is 125 Å². The molecule has 0 aromatic carbocycles. The zero-order valence-electron chi connectivity index (χ0n) is 56.9. The standard InChI is InChI=1S/C31H63NO13P2.C27H56N2O13P2.CH4/c1-30(2,3)44-46(35,36)42-21-14-10-9-13-19-32-29(34)18-12-8-7-11-16-28(33)17-15-20-39-22-23-40-24-25-41-26-27-43-47(37,38)45-31(4,5)6;1-26(2,3)41-43(32,33)39-16-10-8-7-9-14-28-24(30)12-11-13-25(31)29-15-17-36-18-19-37-20-21-38-22-23-40-44(34,35)42-27(4,5)6;/h7-27H2,1-6H3,(H,32,34)(H,35,36)(H,37,38);7-23H2,1-6H3,(H,28,30)(H,29,31)(H,32,33)(H,34,35);1H4. The number of Topliss-reactive ketones (excluding diaryl/α,β-unsaturated/α-hetero) is 1. The van der Waals surface area contributed by atoms with E-state index in [0.29, 0.717) is 124 Å². The molecule has 3 amide bonds. The summed E-state index contributed by atoms with van der Waals surface area (Å²) in [5, 5.41) is 8.49. The van der Waals surface area contributed by atoms with Crippen molar-refractivity contribution in [3.63, 3.8) is 0 Å². The number of hydrogen-bond acceptors (Lipinski definition) is 22. The molecule has 7 N–H and O–H groups in total. The molecule has 4 atom stereocenters. The van der Waals surface area contributed by atoms with Gasteiger partial charge in [0.2, 0.25) is 17.7 Å². The number of rotatable bonds is 58. The number of carbonyl (C=O) groups is 4. The fourth-order valence-corrected chi connectivity index (χ4v) is 11.7. The lowest BCUT2D eigenvalue weighted by molar-refractivity contribution is -0.123. The molecule has 33 heteroatoms. The molecule has 29 nitrogen and oxygen atoms in total. The van der Waals surface area contributed by atoms with Crippen molar-refractivity contribution in [3.8, 4) is 0 Å². The average molecular weight is 1410 g/mol. The van der Waals surface area contributed by atoms with E-state index >= 15 is 0 Å². The lowest BCUT2D eigenvalue weighted by Crippen LogP contribution is -2.28. The Morgan fingerprint density at radius 1 is 0.283 bits per heavy atom. The van der Waals surface area contributed by atoms with Gasteiger partial charge in [-0.3, -0.25) is 55.4 Å². The summed E-state index contributed by atoms with van der Waals surface area (Å²) in [7, 11) is -16.3. The van der Waals surface area contributed by atoms with Crippen LogP contribution in [0.1, 0.15) is 213 Å². The number of carbonyl (C=O) groups excluding carboxylic acids is 4. The van der Waals surface area contributed by atoms with Crippen LogP contribution >= 0.6 is 31.3 Å². The van der Waals surface area contributed by atoms with Gasteiger partial charge in [0, 0.05) is 58.3 Å². The first kappa shape index (κ1) is 94.5. The predicted octanol–water partition coefficient (Wildman–Crippen LogP) is 10.8. The van der Waals surface area contributed by atoms with Gasteiger partial charge in [0.05, 0.1) is 122 Å². The third-order valence-corrected chi connectivity index (χ3v) is 16.2. The Bertz CT molecular complexity index is 2090. The van der Waals surface area contributed by atoms with Gasteiger partial charge in [-0.25, -0.2) is 18.3 Å². The first-order valence-electron chi connectivity index (χ1n) is 31.8. The molecule has 550 valence electrons. The van der Waals surface area contributed by atoms with Crippen LogP contribution in [0, 0.1) is 0 Å². The minimum absolute atomic E-state index is 0. The van der Waals surface area contributed by atoms with E-state index in [1.807, 2.05) is 0 Å². The smallest absolute Gasteiger partial charge is 0.379 e. The number of ether oxygens (including phenoxy) is 6. The van der Waals surface area contributed by atoms with Crippen LogP contribution in [0.15, 0.2) is 0 Å². The molecule has 4 unspecified atom stereocenters. The molecule has 0 aliphatic rings. The van der Waals surface area contributed by atoms with Crippen molar-refractivity contribution in [1.29, 1.82) is 0 Å². The number of nitrogens with one attached hydrogen (secondary N) is 3. The van der Waals surface area contributed by atoms with Gasteiger partial charge in [0.15, 0.2) is 0 Å². The molecular formula is C59H123N3O26P4. The number of hydrogen-bond donors (Lipinski definition) is 7. The largest absolute Gasteiger partial charge is 0.472 e. The van der Waals surface area contributed by atoms with Crippen LogP contribution in [0.25, 0.3) is 0 Å². The van der Waals surface area contributed by atoms with Gasteiger partial charge in [0.25, 0.3) is 0 Å². The molecule has 0 spiro atoms. The van der Waals surface area contributed by atoms with Crippen molar-refractivity contribution in [1.82, 2.24) is 16.0 Å². The Morgan fingerprint density at radius 2 is 0.533 bits per heavy atom. The van der Waals surface area contributed by atoms with E-state index in [2.05, 4.69) is 16.0 Å². The molecule has 0 aromatic rings. The van der Waals surface area contributed by atoms with Crippen LogP contribution in [0.3, 0.4) is 0 Å². The molecule has 92 heavy (non-hydrogen) atoms. The first-order valence-corrected chi connectivity index (χ1v) is 37.8. The topological polar surface area (TPSA) is 383 Å². The molecular weight excluding hydrogens is 1290 g/mol. The van der Waals surface area contributed by atoms with Gasteiger partial charge in [-0.2, -0.15) is 0 Å². The van der Waals surface area contributed by atoms with E-state index in [1.165, 1.54) is 0 Å². The lowest BCUT2D eigenvalue weighted by Gasteiger charge is -2.22. The van der Waals surface area contributed by atoms with Crippen LogP contribution in [0.5, 0.6) is 0 Å². The molecule has 0 rings (SSSR count). The molecule has 0 fully saturated rings. The molecule has 0 saturated carbocycles. The Morgan fingerprint density at radius 3 is 0.880 bits per heavy atom. The molecule has 0 saturated heterocycles. The Labute approximate surface area is 550 Å². The zero-order valence-corrected chi connectivity index (χ0v) is 60.5. The fourth-order valence-electron chi connectivity index (χ4n) is 7.37. The van der Waals surface area contributed by atoms with E-state index in [9.17, 15) is 57.0 Å². The minimum Gasteiger partial charge on any atom is -0.379 e. The number of unbranched alkanes of at least 4 members (excludes halogenated alkanes) is 9. The monoisotopic (exact) mass is 1410 g/mol. The maximum atomic E-state index is 12.1. The molecule has 0 aliphatic heterocycles. The molecule has 0 aromatic heterocycles. The number of ketones is 1. The first-order chi connectivity index (χ1) is 42.3. The maximum absolute atomic E-state index is 12.1. The quantitative estimate of drug-likeness (QED) is 0.0220. The van der Waals surface area contributed by atoms with Gasteiger partial charge in [-0.1, -0.05) is 46.0 Å². The van der Waals surface area contributed by atoms with E-state index in [0.717, 1.165) is 64.2 Å². The Hall–Kier alpha value is -1.72. The highest BCUT2D eigenvalue weighted by Crippen LogP contribution is 2.49. The van der Waals surface area contributed by atoms with Crippen LogP contribution in [0.2, 0.25) is 0 Å². The second-order valence-corrected chi connectivity index (χ2v) is 30.5. The molecule has 0 aliphatic carbocycles. The third kappa shape index (κ3) is 74.1. The van der Waals surface area contributed by atoms with E-state index < -0.39 is 53.7 Å². The van der Waals surface area contributed by atoms with Crippen molar-refractivity contribution < 1.29 is 122 Å². The second kappa shape index (κ2) is 54.2. The van der Waals surface area contributed by atoms with Crippen LogP contribution < -0.4 is 16.0 Å². The SMILES string of the molecule is C.CC(C)(C)OP(=O)(O)OCCCCCCNC(=O)CCCC(=O)NCCOCCOCCOCCOP(=O)(O)OC(C)(C)C.CC(C)(C)OP(=O)(O)OCCCCCCNC(=O)CCCCCCC(=O)CCCOCCOCCOCCOP(=O)(O)OC(C)(C)C. The number of phosphoric acid groups is 4. The normalized spacial score (nSPS) is 14.8. The summed E-state index contributed by atoms with van der Waals surface area (Å²) in [4.78, 5) is 86.3. The molecule has 0 bridgehead atoms. The highest BCUT2D eigenvalue weighted by atomic mass is 31.2. The van der Waals surface area contributed by atoms with Crippen LogP contribution in [-0.2, 0) is 102 Å². The van der Waals surface area contributed by atoms with E-state index in [-0.39, 0.29) is 90.0 Å². The highest BCUT2D eigenvalue weighted by molar-refractivity contribution is 7.48. The minimum atomic E-state index is -4.11. The summed E-state index contributed by atoms with van der Waals surface area (Å²) in [6, 6.07) is 0. The van der Waals surface area contributed by atoms with Crippen LogP contribution in [0.4, 0.5) is 0 Å². The summed E-state index contributed by atoms with van der Waals surface area (Å²) in [6.07, 6.45) is 12.8. The van der Waals surface area contributed by atoms with Gasteiger partial charge >= 0.3 is 31.3 Å². The van der Waals surface area contributed by atoms with E-state index in [4.69, 9.17) is 64.6 Å². The fraction of sp³-hybridized carbons (Fsp3) is 0.932.